The van der Waals surface area contributed by atoms with Crippen LogP contribution in [0.25, 0.3) is 0 Å². The van der Waals surface area contributed by atoms with Crippen LogP contribution in [0.15, 0.2) is 24.3 Å². The minimum atomic E-state index is 0.155. The minimum absolute atomic E-state index is 0.155. The summed E-state index contributed by atoms with van der Waals surface area (Å²) in [4.78, 5) is 14.5. The lowest BCUT2D eigenvalue weighted by Crippen LogP contribution is -2.44. The number of piperidine rings is 1. The van der Waals surface area contributed by atoms with Gasteiger partial charge in [0.25, 0.3) is 0 Å². The molecule has 1 fully saturated rings. The van der Waals surface area contributed by atoms with Gasteiger partial charge in [0.2, 0.25) is 5.91 Å². The molecule has 0 spiro atoms. The first-order valence-electron chi connectivity index (χ1n) is 7.87. The Labute approximate surface area is 126 Å². The second kappa shape index (κ2) is 7.46. The number of hydrogen-bond donors (Lipinski definition) is 2. The number of aliphatic hydroxyl groups is 1. The van der Waals surface area contributed by atoms with E-state index in [4.69, 9.17) is 10.8 Å². The fourth-order valence-electron chi connectivity index (χ4n) is 3.10. The zero-order valence-electron chi connectivity index (χ0n) is 12.8. The van der Waals surface area contributed by atoms with Crippen molar-refractivity contribution in [1.82, 2.24) is 4.90 Å². The molecule has 1 heterocycles. The van der Waals surface area contributed by atoms with Crippen molar-refractivity contribution in [3.8, 4) is 0 Å². The van der Waals surface area contributed by atoms with Gasteiger partial charge in [-0.2, -0.15) is 0 Å². The van der Waals surface area contributed by atoms with E-state index in [9.17, 15) is 4.79 Å². The molecule has 1 amide bonds. The van der Waals surface area contributed by atoms with Crippen molar-refractivity contribution in [2.75, 3.05) is 18.9 Å². The van der Waals surface area contributed by atoms with Crippen LogP contribution in [0.4, 0.5) is 5.69 Å². The van der Waals surface area contributed by atoms with Crippen molar-refractivity contribution in [2.45, 2.75) is 51.0 Å². The average Bonchev–Trinajstić information content (AvgIpc) is 2.48. The molecule has 3 N–H and O–H groups in total. The zero-order valence-corrected chi connectivity index (χ0v) is 12.8. The minimum Gasteiger partial charge on any atom is -0.399 e. The Morgan fingerprint density at radius 1 is 1.38 bits per heavy atom. The van der Waals surface area contributed by atoms with Crippen molar-refractivity contribution in [3.63, 3.8) is 0 Å². The highest BCUT2D eigenvalue weighted by Crippen LogP contribution is 2.25. The highest BCUT2D eigenvalue weighted by molar-refractivity contribution is 5.77. The first-order valence-corrected chi connectivity index (χ1v) is 7.87. The fourth-order valence-corrected chi connectivity index (χ4v) is 3.10. The number of likely N-dealkylation sites (tertiary alicyclic amines) is 1. The molecule has 0 aromatic heterocycles. The van der Waals surface area contributed by atoms with E-state index in [1.165, 1.54) is 0 Å². The maximum absolute atomic E-state index is 12.6. The average molecular weight is 290 g/mol. The van der Waals surface area contributed by atoms with Crippen molar-refractivity contribution < 1.29 is 9.90 Å². The van der Waals surface area contributed by atoms with Gasteiger partial charge >= 0.3 is 0 Å². The Morgan fingerprint density at radius 2 is 2.10 bits per heavy atom. The van der Waals surface area contributed by atoms with Crippen molar-refractivity contribution in [2.24, 2.45) is 0 Å². The van der Waals surface area contributed by atoms with Gasteiger partial charge < -0.3 is 15.7 Å². The molecule has 4 heteroatoms. The number of aliphatic hydroxyl groups excluding tert-OH is 1. The van der Waals surface area contributed by atoms with Gasteiger partial charge in [-0.15, -0.1) is 0 Å². The van der Waals surface area contributed by atoms with E-state index in [0.717, 1.165) is 37.1 Å². The van der Waals surface area contributed by atoms with Gasteiger partial charge in [0.1, 0.15) is 0 Å². The van der Waals surface area contributed by atoms with Gasteiger partial charge in [0.15, 0.2) is 0 Å². The third-order valence-electron chi connectivity index (χ3n) is 4.40. The van der Waals surface area contributed by atoms with Crippen LogP contribution in [0, 0.1) is 0 Å². The van der Waals surface area contributed by atoms with Crippen LogP contribution in [0.2, 0.25) is 0 Å². The summed E-state index contributed by atoms with van der Waals surface area (Å²) in [5.41, 5.74) is 7.59. The highest BCUT2D eigenvalue weighted by Gasteiger charge is 2.27. The molecular weight excluding hydrogens is 264 g/mol. The molecule has 2 rings (SSSR count). The quantitative estimate of drug-likeness (QED) is 0.819. The monoisotopic (exact) mass is 290 g/mol. The topological polar surface area (TPSA) is 66.6 Å². The molecular formula is C17H26N2O2. The van der Waals surface area contributed by atoms with E-state index in [2.05, 4.69) is 6.92 Å². The molecule has 1 aliphatic rings. The molecule has 1 aromatic carbocycles. The summed E-state index contributed by atoms with van der Waals surface area (Å²) in [6, 6.07) is 7.97. The molecule has 0 aliphatic carbocycles. The number of nitrogen functional groups attached to an aromatic ring is 1. The first kappa shape index (κ1) is 15.8. The van der Waals surface area contributed by atoms with Crippen LogP contribution >= 0.6 is 0 Å². The predicted octanol–water partition coefficient (Wildman–Crippen LogP) is 2.53. The summed E-state index contributed by atoms with van der Waals surface area (Å²) in [7, 11) is 0. The molecule has 2 atom stereocenters. The lowest BCUT2D eigenvalue weighted by atomic mass is 9.94. The highest BCUT2D eigenvalue weighted by atomic mass is 16.3. The van der Waals surface area contributed by atoms with Crippen LogP contribution in [0.3, 0.4) is 0 Å². The zero-order chi connectivity index (χ0) is 15.2. The number of rotatable bonds is 5. The summed E-state index contributed by atoms with van der Waals surface area (Å²) in [6.45, 7) is 3.06. The van der Waals surface area contributed by atoms with Gasteiger partial charge in [-0.05, 0) is 49.3 Å². The number of benzene rings is 1. The summed E-state index contributed by atoms with van der Waals surface area (Å²) < 4.78 is 0. The molecule has 116 valence electrons. The number of nitrogens with zero attached hydrogens (tertiary/aromatic N) is 1. The van der Waals surface area contributed by atoms with Crippen molar-refractivity contribution in [1.29, 1.82) is 0 Å². The van der Waals surface area contributed by atoms with E-state index in [1.54, 1.807) is 0 Å². The smallest absolute Gasteiger partial charge is 0.223 e. The fraction of sp³-hybridized carbons (Fsp3) is 0.588. The molecule has 1 saturated heterocycles. The van der Waals surface area contributed by atoms with E-state index in [0.29, 0.717) is 12.8 Å². The molecule has 1 aromatic rings. The second-order valence-electron chi connectivity index (χ2n) is 6.02. The summed E-state index contributed by atoms with van der Waals surface area (Å²) in [5, 5.41) is 9.15. The Kier molecular flexibility index (Phi) is 5.62. The Balaban J connectivity index is 1.97. The van der Waals surface area contributed by atoms with Crippen LogP contribution in [0.1, 0.15) is 50.5 Å². The normalized spacial score (nSPS) is 20.3. The van der Waals surface area contributed by atoms with Crippen LogP contribution in [-0.4, -0.2) is 35.1 Å². The SMILES string of the molecule is CC(CC(=O)N1CCCCC1CCO)c1ccc(N)cc1. The van der Waals surface area contributed by atoms with E-state index >= 15 is 0 Å². The Bertz CT molecular complexity index is 456. The molecule has 4 nitrogen and oxygen atoms in total. The summed E-state index contributed by atoms with van der Waals surface area (Å²) in [6.07, 6.45) is 4.46. The number of hydrogen-bond acceptors (Lipinski definition) is 3. The largest absolute Gasteiger partial charge is 0.399 e. The van der Waals surface area contributed by atoms with Gasteiger partial charge in [0.05, 0.1) is 0 Å². The van der Waals surface area contributed by atoms with E-state index in [-0.39, 0.29) is 24.5 Å². The molecule has 21 heavy (non-hydrogen) atoms. The van der Waals surface area contributed by atoms with Gasteiger partial charge in [0, 0.05) is 31.3 Å². The van der Waals surface area contributed by atoms with Crippen LogP contribution < -0.4 is 5.73 Å². The van der Waals surface area contributed by atoms with Crippen LogP contribution in [-0.2, 0) is 4.79 Å². The van der Waals surface area contributed by atoms with Gasteiger partial charge in [-0.3, -0.25) is 4.79 Å². The number of amides is 1. The molecule has 1 aliphatic heterocycles. The number of anilines is 1. The van der Waals surface area contributed by atoms with Crippen molar-refractivity contribution in [3.05, 3.63) is 29.8 Å². The third-order valence-corrected chi connectivity index (χ3v) is 4.40. The second-order valence-corrected chi connectivity index (χ2v) is 6.02. The maximum atomic E-state index is 12.6. The molecule has 0 saturated carbocycles. The van der Waals surface area contributed by atoms with E-state index < -0.39 is 0 Å². The van der Waals surface area contributed by atoms with Gasteiger partial charge in [-0.25, -0.2) is 0 Å². The molecule has 0 radical (unpaired) electrons. The summed E-state index contributed by atoms with van der Waals surface area (Å²) in [5.74, 6) is 0.396. The molecule has 2 unspecified atom stereocenters. The predicted molar refractivity (Wildman–Crippen MR) is 84.9 cm³/mol. The Hall–Kier alpha value is -1.55. The maximum Gasteiger partial charge on any atom is 0.223 e. The number of carbonyl (C=O) groups excluding carboxylic acids is 1. The lowest BCUT2D eigenvalue weighted by molar-refractivity contribution is -0.135. The molecule has 0 bridgehead atoms. The summed E-state index contributed by atoms with van der Waals surface area (Å²) >= 11 is 0. The van der Waals surface area contributed by atoms with Gasteiger partial charge in [-0.1, -0.05) is 19.1 Å². The number of carbonyl (C=O) groups is 1. The van der Waals surface area contributed by atoms with E-state index in [1.807, 2.05) is 29.2 Å². The first-order chi connectivity index (χ1) is 10.1. The van der Waals surface area contributed by atoms with Crippen LogP contribution in [0.5, 0.6) is 0 Å². The third kappa shape index (κ3) is 4.21. The number of nitrogens with two attached hydrogens (primary N) is 1. The Morgan fingerprint density at radius 3 is 2.76 bits per heavy atom. The van der Waals surface area contributed by atoms with Crippen molar-refractivity contribution >= 4 is 11.6 Å². The lowest BCUT2D eigenvalue weighted by Gasteiger charge is -2.36. The standard InChI is InChI=1S/C17H26N2O2/c1-13(14-5-7-15(18)8-6-14)12-17(21)19-10-3-2-4-16(19)9-11-20/h5-8,13,16,20H,2-4,9-12,18H2,1H3.